The number of hydrogen-bond acceptors (Lipinski definition) is 5. The molecule has 0 radical (unpaired) electrons. The molecular formula is C19H26N6O2. The highest BCUT2D eigenvalue weighted by atomic mass is 16.5. The standard InChI is InChI=1S/C19H26N6O2/c26-19(25(12-14-3-1-4-14)13-16-5-2-10-27-16)21-11-17-22-18(24-23-17)15-6-8-20-9-7-15/h6-9,14,16H,1-5,10-13H2,(H,21,26)(H,22,23,24)/t16-/m0/s1. The molecular weight excluding hydrogens is 344 g/mol. The second kappa shape index (κ2) is 8.47. The number of hydrogen-bond donors (Lipinski definition) is 2. The molecule has 1 atom stereocenters. The minimum absolute atomic E-state index is 0.0562. The maximum Gasteiger partial charge on any atom is 0.317 e. The van der Waals surface area contributed by atoms with Gasteiger partial charge in [0.2, 0.25) is 0 Å². The Hall–Kier alpha value is -2.48. The van der Waals surface area contributed by atoms with Crippen LogP contribution in [0.4, 0.5) is 4.79 Å². The van der Waals surface area contributed by atoms with E-state index in [1.165, 1.54) is 19.3 Å². The van der Waals surface area contributed by atoms with Crippen molar-refractivity contribution in [1.29, 1.82) is 0 Å². The highest BCUT2D eigenvalue weighted by Crippen LogP contribution is 2.27. The predicted molar refractivity (Wildman–Crippen MR) is 99.7 cm³/mol. The van der Waals surface area contributed by atoms with Gasteiger partial charge in [-0.15, -0.1) is 0 Å². The molecule has 3 heterocycles. The van der Waals surface area contributed by atoms with E-state index < -0.39 is 0 Å². The van der Waals surface area contributed by atoms with Gasteiger partial charge in [-0.25, -0.2) is 9.78 Å². The number of aromatic amines is 1. The van der Waals surface area contributed by atoms with Crippen molar-refractivity contribution >= 4 is 6.03 Å². The van der Waals surface area contributed by atoms with Crippen LogP contribution in [0.2, 0.25) is 0 Å². The first kappa shape index (κ1) is 17.9. The molecule has 1 saturated carbocycles. The number of carbonyl (C=O) groups is 1. The summed E-state index contributed by atoms with van der Waals surface area (Å²) in [6.45, 7) is 2.61. The second-order valence-corrected chi connectivity index (χ2v) is 7.34. The monoisotopic (exact) mass is 370 g/mol. The zero-order chi connectivity index (χ0) is 18.5. The maximum absolute atomic E-state index is 12.7. The Balaban J connectivity index is 1.33. The Morgan fingerprint density at radius 2 is 2.07 bits per heavy atom. The third-order valence-electron chi connectivity index (χ3n) is 5.32. The fraction of sp³-hybridized carbons (Fsp3) is 0.579. The van der Waals surface area contributed by atoms with Crippen LogP contribution in [0.1, 0.15) is 37.9 Å². The molecule has 2 aliphatic rings. The Morgan fingerprint density at radius 1 is 1.22 bits per heavy atom. The van der Waals surface area contributed by atoms with E-state index in [0.717, 1.165) is 31.6 Å². The molecule has 2 aromatic heterocycles. The van der Waals surface area contributed by atoms with Crippen molar-refractivity contribution in [1.82, 2.24) is 30.4 Å². The van der Waals surface area contributed by atoms with E-state index in [1.54, 1.807) is 12.4 Å². The molecule has 8 heteroatoms. The molecule has 2 amide bonds. The van der Waals surface area contributed by atoms with Crippen molar-refractivity contribution in [2.24, 2.45) is 5.92 Å². The van der Waals surface area contributed by atoms with Gasteiger partial charge in [-0.3, -0.25) is 10.1 Å². The van der Waals surface area contributed by atoms with E-state index in [0.29, 0.717) is 30.7 Å². The molecule has 2 aromatic rings. The third kappa shape index (κ3) is 4.63. The Morgan fingerprint density at radius 3 is 2.78 bits per heavy atom. The van der Waals surface area contributed by atoms with Gasteiger partial charge < -0.3 is 15.0 Å². The summed E-state index contributed by atoms with van der Waals surface area (Å²) in [5, 5.41) is 10.1. The third-order valence-corrected chi connectivity index (χ3v) is 5.32. The maximum atomic E-state index is 12.7. The zero-order valence-corrected chi connectivity index (χ0v) is 15.4. The number of ether oxygens (including phenoxy) is 1. The minimum atomic E-state index is -0.0562. The molecule has 0 aromatic carbocycles. The Labute approximate surface area is 158 Å². The minimum Gasteiger partial charge on any atom is -0.376 e. The van der Waals surface area contributed by atoms with Crippen LogP contribution in [0.5, 0.6) is 0 Å². The van der Waals surface area contributed by atoms with Gasteiger partial charge >= 0.3 is 6.03 Å². The zero-order valence-electron chi connectivity index (χ0n) is 15.4. The van der Waals surface area contributed by atoms with E-state index >= 15 is 0 Å². The van der Waals surface area contributed by atoms with Crippen LogP contribution < -0.4 is 5.32 Å². The molecule has 1 aliphatic carbocycles. The molecule has 27 heavy (non-hydrogen) atoms. The summed E-state index contributed by atoms with van der Waals surface area (Å²) in [5.74, 6) is 1.86. The smallest absolute Gasteiger partial charge is 0.317 e. The van der Waals surface area contributed by atoms with Crippen LogP contribution in [-0.2, 0) is 11.3 Å². The first-order valence-electron chi connectivity index (χ1n) is 9.74. The van der Waals surface area contributed by atoms with Crippen LogP contribution in [0, 0.1) is 5.92 Å². The van der Waals surface area contributed by atoms with E-state index in [2.05, 4.69) is 25.5 Å². The number of amides is 2. The van der Waals surface area contributed by atoms with E-state index in [9.17, 15) is 4.79 Å². The van der Waals surface area contributed by atoms with Crippen LogP contribution in [0.15, 0.2) is 24.5 Å². The Bertz CT molecular complexity index is 740. The normalized spacial score (nSPS) is 19.6. The topological polar surface area (TPSA) is 96.0 Å². The van der Waals surface area contributed by atoms with E-state index in [4.69, 9.17) is 4.74 Å². The SMILES string of the molecule is O=C(NCc1nc(-c2ccncc2)n[nH]1)N(CC1CCC1)C[C@@H]1CCCO1. The van der Waals surface area contributed by atoms with Gasteiger partial charge in [0.15, 0.2) is 5.82 Å². The lowest BCUT2D eigenvalue weighted by atomic mass is 9.85. The van der Waals surface area contributed by atoms with Gasteiger partial charge in [-0.05, 0) is 43.7 Å². The molecule has 8 nitrogen and oxygen atoms in total. The van der Waals surface area contributed by atoms with Gasteiger partial charge in [0.05, 0.1) is 12.6 Å². The first-order chi connectivity index (χ1) is 13.3. The summed E-state index contributed by atoms with van der Waals surface area (Å²) in [4.78, 5) is 23.1. The quantitative estimate of drug-likeness (QED) is 0.780. The van der Waals surface area contributed by atoms with Gasteiger partial charge in [0.1, 0.15) is 5.82 Å². The van der Waals surface area contributed by atoms with Crippen LogP contribution >= 0.6 is 0 Å². The van der Waals surface area contributed by atoms with Gasteiger partial charge in [0, 0.05) is 37.7 Å². The van der Waals surface area contributed by atoms with Gasteiger partial charge in [-0.1, -0.05) is 6.42 Å². The molecule has 0 unspecified atom stereocenters. The van der Waals surface area contributed by atoms with Crippen LogP contribution in [0.25, 0.3) is 11.4 Å². The number of aromatic nitrogens is 4. The van der Waals surface area contributed by atoms with Gasteiger partial charge in [0.25, 0.3) is 0 Å². The molecule has 0 spiro atoms. The Kier molecular flexibility index (Phi) is 5.62. The largest absolute Gasteiger partial charge is 0.376 e. The van der Waals surface area contributed by atoms with Crippen molar-refractivity contribution in [3.05, 3.63) is 30.4 Å². The number of nitrogens with one attached hydrogen (secondary N) is 2. The molecule has 4 rings (SSSR count). The fourth-order valence-corrected chi connectivity index (χ4v) is 3.54. The highest BCUT2D eigenvalue weighted by molar-refractivity contribution is 5.74. The molecule has 144 valence electrons. The molecule has 0 bridgehead atoms. The average Bonchev–Trinajstić information content (AvgIpc) is 3.34. The van der Waals surface area contributed by atoms with Crippen molar-refractivity contribution in [3.63, 3.8) is 0 Å². The summed E-state index contributed by atoms with van der Waals surface area (Å²) in [7, 11) is 0. The second-order valence-electron chi connectivity index (χ2n) is 7.34. The lowest BCUT2D eigenvalue weighted by Crippen LogP contribution is -2.46. The average molecular weight is 370 g/mol. The number of nitrogens with zero attached hydrogens (tertiary/aromatic N) is 4. The number of rotatable bonds is 7. The summed E-state index contributed by atoms with van der Waals surface area (Å²) < 4.78 is 5.73. The van der Waals surface area contributed by atoms with Crippen molar-refractivity contribution in [2.45, 2.75) is 44.8 Å². The lowest BCUT2D eigenvalue weighted by Gasteiger charge is -2.33. The number of carbonyl (C=O) groups excluding carboxylic acids is 1. The van der Waals surface area contributed by atoms with E-state index in [-0.39, 0.29) is 12.1 Å². The molecule has 2 N–H and O–H groups in total. The summed E-state index contributed by atoms with van der Waals surface area (Å²) >= 11 is 0. The summed E-state index contributed by atoms with van der Waals surface area (Å²) in [6, 6.07) is 3.65. The first-order valence-corrected chi connectivity index (χ1v) is 9.74. The van der Waals surface area contributed by atoms with E-state index in [1.807, 2.05) is 17.0 Å². The van der Waals surface area contributed by atoms with Crippen LogP contribution in [0.3, 0.4) is 0 Å². The number of urea groups is 1. The molecule has 2 fully saturated rings. The molecule has 1 aliphatic heterocycles. The summed E-state index contributed by atoms with van der Waals surface area (Å²) in [5.41, 5.74) is 0.892. The van der Waals surface area contributed by atoms with Crippen molar-refractivity contribution < 1.29 is 9.53 Å². The van der Waals surface area contributed by atoms with Crippen molar-refractivity contribution in [2.75, 3.05) is 19.7 Å². The van der Waals surface area contributed by atoms with Crippen molar-refractivity contribution in [3.8, 4) is 11.4 Å². The predicted octanol–water partition coefficient (Wildman–Crippen LogP) is 2.36. The van der Waals surface area contributed by atoms with Crippen LogP contribution in [-0.4, -0.2) is 56.9 Å². The molecule has 1 saturated heterocycles. The lowest BCUT2D eigenvalue weighted by molar-refractivity contribution is 0.0720. The fourth-order valence-electron chi connectivity index (χ4n) is 3.54. The number of H-pyrrole nitrogens is 1. The highest BCUT2D eigenvalue weighted by Gasteiger charge is 2.27. The summed E-state index contributed by atoms with van der Waals surface area (Å²) in [6.07, 6.45) is 9.40. The van der Waals surface area contributed by atoms with Gasteiger partial charge in [-0.2, -0.15) is 5.10 Å². The number of pyridine rings is 1.